The van der Waals surface area contributed by atoms with Crippen molar-refractivity contribution in [2.45, 2.75) is 12.8 Å². The monoisotopic (exact) mass is 279 g/mol. The number of hydrogen-bond donors (Lipinski definition) is 1. The molecule has 1 aliphatic heterocycles. The third-order valence-corrected chi connectivity index (χ3v) is 4.73. The van der Waals surface area contributed by atoms with Crippen LogP contribution in [0.15, 0.2) is 24.3 Å². The summed E-state index contributed by atoms with van der Waals surface area (Å²) in [4.78, 5) is 4.99. The average Bonchev–Trinajstić information content (AvgIpc) is 3.20. The minimum Gasteiger partial charge on any atom is -0.369 e. The molecule has 0 amide bonds. The number of nitrogens with two attached hydrogens (primary N) is 1. The molecule has 1 aromatic carbocycles. The van der Waals surface area contributed by atoms with Gasteiger partial charge in [0.1, 0.15) is 0 Å². The van der Waals surface area contributed by atoms with E-state index in [0.29, 0.717) is 5.41 Å². The van der Waals surface area contributed by atoms with Gasteiger partial charge in [-0.05, 0) is 43.0 Å². The van der Waals surface area contributed by atoms with Crippen molar-refractivity contribution in [3.05, 3.63) is 29.3 Å². The van der Waals surface area contributed by atoms with E-state index in [1.54, 1.807) is 0 Å². The lowest BCUT2D eigenvalue weighted by atomic mass is 10.1. The van der Waals surface area contributed by atoms with E-state index >= 15 is 0 Å². The fraction of sp³-hybridized carbons (Fsp3) is 0.600. The van der Waals surface area contributed by atoms with Gasteiger partial charge in [-0.15, -0.1) is 0 Å². The molecule has 0 unspecified atom stereocenters. The molecule has 2 fully saturated rings. The van der Waals surface area contributed by atoms with Crippen molar-refractivity contribution in [3.8, 4) is 0 Å². The Bertz CT molecular complexity index is 437. The molecule has 1 aromatic rings. The van der Waals surface area contributed by atoms with Crippen LogP contribution in [0.4, 0.5) is 5.69 Å². The summed E-state index contributed by atoms with van der Waals surface area (Å²) in [6.45, 7) is 6.47. The number of piperazine rings is 1. The Hall–Kier alpha value is -0.770. The van der Waals surface area contributed by atoms with Gasteiger partial charge in [0.25, 0.3) is 0 Å². The van der Waals surface area contributed by atoms with E-state index in [2.05, 4.69) is 21.9 Å². The molecule has 2 aliphatic rings. The Labute approximate surface area is 120 Å². The van der Waals surface area contributed by atoms with Gasteiger partial charge in [-0.1, -0.05) is 17.7 Å². The van der Waals surface area contributed by atoms with E-state index in [9.17, 15) is 0 Å². The highest BCUT2D eigenvalue weighted by Crippen LogP contribution is 2.45. The van der Waals surface area contributed by atoms with Crippen molar-refractivity contribution >= 4 is 17.3 Å². The van der Waals surface area contributed by atoms with Crippen LogP contribution in [0, 0.1) is 5.41 Å². The van der Waals surface area contributed by atoms with E-state index in [4.69, 9.17) is 17.3 Å². The average molecular weight is 280 g/mol. The second-order valence-electron chi connectivity index (χ2n) is 5.95. The molecule has 0 atom stereocenters. The molecule has 104 valence electrons. The molecule has 0 bridgehead atoms. The minimum atomic E-state index is 0.457. The Morgan fingerprint density at radius 2 is 1.89 bits per heavy atom. The summed E-state index contributed by atoms with van der Waals surface area (Å²) >= 11 is 6.06. The quantitative estimate of drug-likeness (QED) is 0.917. The van der Waals surface area contributed by atoms with Crippen LogP contribution in [0.3, 0.4) is 0 Å². The van der Waals surface area contributed by atoms with E-state index in [-0.39, 0.29) is 0 Å². The first-order chi connectivity index (χ1) is 9.21. The van der Waals surface area contributed by atoms with Gasteiger partial charge in [0.2, 0.25) is 0 Å². The first-order valence-electron chi connectivity index (χ1n) is 7.14. The minimum absolute atomic E-state index is 0.457. The molecule has 1 saturated carbocycles. The fourth-order valence-corrected chi connectivity index (χ4v) is 3.10. The topological polar surface area (TPSA) is 32.5 Å². The van der Waals surface area contributed by atoms with Crippen molar-refractivity contribution in [3.63, 3.8) is 0 Å². The van der Waals surface area contributed by atoms with Crippen LogP contribution in [0.2, 0.25) is 5.02 Å². The third-order valence-electron chi connectivity index (χ3n) is 4.49. The zero-order valence-corrected chi connectivity index (χ0v) is 12.1. The summed E-state index contributed by atoms with van der Waals surface area (Å²) in [6.07, 6.45) is 2.63. The lowest BCUT2D eigenvalue weighted by Gasteiger charge is -2.37. The smallest absolute Gasteiger partial charge is 0.0426 e. The summed E-state index contributed by atoms with van der Waals surface area (Å²) in [7, 11) is 0. The van der Waals surface area contributed by atoms with E-state index in [1.807, 2.05) is 12.1 Å². The van der Waals surface area contributed by atoms with Crippen molar-refractivity contribution in [1.29, 1.82) is 0 Å². The summed E-state index contributed by atoms with van der Waals surface area (Å²) in [6, 6.07) is 8.15. The number of halogens is 1. The Morgan fingerprint density at radius 1 is 1.16 bits per heavy atom. The van der Waals surface area contributed by atoms with Crippen LogP contribution >= 0.6 is 11.6 Å². The van der Waals surface area contributed by atoms with Crippen LogP contribution < -0.4 is 10.6 Å². The molecule has 0 radical (unpaired) electrons. The molecule has 19 heavy (non-hydrogen) atoms. The molecule has 1 aliphatic carbocycles. The predicted octanol–water partition coefficient (Wildman–Crippen LogP) is 2.20. The fourth-order valence-electron chi connectivity index (χ4n) is 2.91. The highest BCUT2D eigenvalue weighted by Gasteiger charge is 2.42. The lowest BCUT2D eigenvalue weighted by Crippen LogP contribution is -2.48. The van der Waals surface area contributed by atoms with Crippen molar-refractivity contribution in [1.82, 2.24) is 4.90 Å². The standard InChI is InChI=1S/C15H22ClN3/c16-13-2-1-3-14(10-13)19-8-6-18(7-9-19)12-15(11-17)4-5-15/h1-3,10H,4-9,11-12,17H2. The second kappa shape index (κ2) is 5.31. The third kappa shape index (κ3) is 3.04. The Morgan fingerprint density at radius 3 is 2.47 bits per heavy atom. The molecule has 3 nitrogen and oxygen atoms in total. The molecule has 1 saturated heterocycles. The number of rotatable bonds is 4. The van der Waals surface area contributed by atoms with Crippen LogP contribution in [-0.2, 0) is 0 Å². The Kier molecular flexibility index (Phi) is 3.70. The highest BCUT2D eigenvalue weighted by atomic mass is 35.5. The van der Waals surface area contributed by atoms with Gasteiger partial charge in [-0.2, -0.15) is 0 Å². The number of hydrogen-bond acceptors (Lipinski definition) is 3. The maximum atomic E-state index is 6.06. The van der Waals surface area contributed by atoms with Gasteiger partial charge in [-0.25, -0.2) is 0 Å². The molecule has 1 heterocycles. The normalized spacial score (nSPS) is 22.5. The van der Waals surface area contributed by atoms with Crippen LogP contribution in [0.25, 0.3) is 0 Å². The molecular formula is C15H22ClN3. The van der Waals surface area contributed by atoms with Crippen LogP contribution in [-0.4, -0.2) is 44.2 Å². The summed E-state index contributed by atoms with van der Waals surface area (Å²) in [5, 5.41) is 0.819. The first-order valence-corrected chi connectivity index (χ1v) is 7.52. The van der Waals surface area contributed by atoms with Gasteiger partial charge >= 0.3 is 0 Å². The largest absolute Gasteiger partial charge is 0.369 e. The highest BCUT2D eigenvalue weighted by molar-refractivity contribution is 6.30. The van der Waals surface area contributed by atoms with Crippen molar-refractivity contribution in [2.24, 2.45) is 11.1 Å². The van der Waals surface area contributed by atoms with Gasteiger partial charge in [0.15, 0.2) is 0 Å². The maximum absolute atomic E-state index is 6.06. The van der Waals surface area contributed by atoms with Gasteiger partial charge in [0, 0.05) is 43.4 Å². The van der Waals surface area contributed by atoms with Gasteiger partial charge in [-0.3, -0.25) is 4.90 Å². The van der Waals surface area contributed by atoms with Gasteiger partial charge < -0.3 is 10.6 Å². The van der Waals surface area contributed by atoms with Gasteiger partial charge in [0.05, 0.1) is 0 Å². The number of nitrogens with zero attached hydrogens (tertiary/aromatic N) is 2. The zero-order valence-electron chi connectivity index (χ0n) is 11.3. The molecule has 3 rings (SSSR count). The number of anilines is 1. The zero-order chi connectivity index (χ0) is 13.3. The van der Waals surface area contributed by atoms with E-state index in [1.165, 1.54) is 25.1 Å². The van der Waals surface area contributed by atoms with E-state index in [0.717, 1.165) is 37.7 Å². The SMILES string of the molecule is NCC1(CN2CCN(c3cccc(Cl)c3)CC2)CC1. The predicted molar refractivity (Wildman–Crippen MR) is 80.8 cm³/mol. The Balaban J connectivity index is 1.55. The van der Waals surface area contributed by atoms with Crippen molar-refractivity contribution < 1.29 is 0 Å². The molecule has 0 spiro atoms. The first kappa shape index (κ1) is 13.2. The summed E-state index contributed by atoms with van der Waals surface area (Å²) < 4.78 is 0. The second-order valence-corrected chi connectivity index (χ2v) is 6.38. The van der Waals surface area contributed by atoms with Crippen LogP contribution in [0.1, 0.15) is 12.8 Å². The lowest BCUT2D eigenvalue weighted by molar-refractivity contribution is 0.211. The number of benzene rings is 1. The molecule has 4 heteroatoms. The molecule has 2 N–H and O–H groups in total. The summed E-state index contributed by atoms with van der Waals surface area (Å²) in [5.41, 5.74) is 7.57. The van der Waals surface area contributed by atoms with Crippen LogP contribution in [0.5, 0.6) is 0 Å². The molecule has 0 aromatic heterocycles. The molecular weight excluding hydrogens is 258 g/mol. The van der Waals surface area contributed by atoms with E-state index < -0.39 is 0 Å². The summed E-state index contributed by atoms with van der Waals surface area (Å²) in [5.74, 6) is 0. The van der Waals surface area contributed by atoms with Crippen molar-refractivity contribution in [2.75, 3.05) is 44.2 Å². The maximum Gasteiger partial charge on any atom is 0.0426 e.